The molecule has 0 aromatic carbocycles. The second-order valence-corrected chi connectivity index (χ2v) is 5.52. The van der Waals surface area contributed by atoms with Crippen molar-refractivity contribution in [1.29, 1.82) is 0 Å². The third-order valence-electron chi connectivity index (χ3n) is 3.48. The fraction of sp³-hybridized carbons (Fsp3) is 1.00. The second-order valence-electron chi connectivity index (χ2n) is 5.52. The molecular weight excluding hydrogens is 146 g/mol. The standard InChI is InChI=1S/C11H23N/c1-8-5-6-9(7-10(8)12)11(2,3)4/h8-10H,5-7,12H2,1-4H3. The lowest BCUT2D eigenvalue weighted by Gasteiger charge is -2.39. The van der Waals surface area contributed by atoms with Gasteiger partial charge in [0.2, 0.25) is 0 Å². The molecule has 0 aliphatic heterocycles. The lowest BCUT2D eigenvalue weighted by atomic mass is 9.68. The predicted octanol–water partition coefficient (Wildman–Crippen LogP) is 2.80. The molecule has 1 aliphatic carbocycles. The van der Waals surface area contributed by atoms with Gasteiger partial charge < -0.3 is 5.73 Å². The van der Waals surface area contributed by atoms with Crippen LogP contribution in [0.25, 0.3) is 0 Å². The van der Waals surface area contributed by atoms with Gasteiger partial charge in [-0.2, -0.15) is 0 Å². The van der Waals surface area contributed by atoms with Crippen molar-refractivity contribution in [3.63, 3.8) is 0 Å². The molecule has 0 aromatic heterocycles. The molecule has 1 aliphatic rings. The van der Waals surface area contributed by atoms with Crippen LogP contribution in [0.15, 0.2) is 0 Å². The summed E-state index contributed by atoms with van der Waals surface area (Å²) in [5, 5.41) is 0. The molecule has 0 heterocycles. The zero-order valence-electron chi connectivity index (χ0n) is 8.93. The summed E-state index contributed by atoms with van der Waals surface area (Å²) in [5.41, 5.74) is 6.52. The van der Waals surface area contributed by atoms with Crippen LogP contribution in [0.4, 0.5) is 0 Å². The Labute approximate surface area is 76.7 Å². The molecule has 1 rings (SSSR count). The summed E-state index contributed by atoms with van der Waals surface area (Å²) in [4.78, 5) is 0. The van der Waals surface area contributed by atoms with Crippen molar-refractivity contribution >= 4 is 0 Å². The first-order valence-corrected chi connectivity index (χ1v) is 5.17. The van der Waals surface area contributed by atoms with E-state index in [-0.39, 0.29) is 0 Å². The summed E-state index contributed by atoms with van der Waals surface area (Å²) in [5.74, 6) is 1.58. The second kappa shape index (κ2) is 3.37. The fourth-order valence-corrected chi connectivity index (χ4v) is 2.14. The summed E-state index contributed by atoms with van der Waals surface area (Å²) in [6.45, 7) is 9.28. The van der Waals surface area contributed by atoms with E-state index in [9.17, 15) is 0 Å². The molecule has 0 bridgehead atoms. The van der Waals surface area contributed by atoms with Crippen molar-refractivity contribution in [3.05, 3.63) is 0 Å². The monoisotopic (exact) mass is 169 g/mol. The Balaban J connectivity index is 2.51. The Bertz CT molecular complexity index is 146. The maximum absolute atomic E-state index is 6.07. The topological polar surface area (TPSA) is 26.0 Å². The van der Waals surface area contributed by atoms with Crippen LogP contribution in [0, 0.1) is 17.3 Å². The Morgan fingerprint density at radius 3 is 2.17 bits per heavy atom. The minimum atomic E-state index is 0.447. The maximum Gasteiger partial charge on any atom is 0.00673 e. The smallest absolute Gasteiger partial charge is 0.00673 e. The van der Waals surface area contributed by atoms with Gasteiger partial charge in [0.1, 0.15) is 0 Å². The SMILES string of the molecule is CC1CCC(C(C)(C)C)CC1N. The van der Waals surface area contributed by atoms with E-state index in [0.29, 0.717) is 11.5 Å². The Hall–Kier alpha value is -0.0400. The average Bonchev–Trinajstić information content (AvgIpc) is 1.92. The molecule has 1 nitrogen and oxygen atoms in total. The number of hydrogen-bond donors (Lipinski definition) is 1. The number of rotatable bonds is 0. The van der Waals surface area contributed by atoms with Gasteiger partial charge in [-0.25, -0.2) is 0 Å². The van der Waals surface area contributed by atoms with Gasteiger partial charge in [0, 0.05) is 6.04 Å². The van der Waals surface area contributed by atoms with Crippen molar-refractivity contribution in [2.75, 3.05) is 0 Å². The molecule has 3 unspecified atom stereocenters. The van der Waals surface area contributed by atoms with Crippen LogP contribution in [0.3, 0.4) is 0 Å². The molecule has 0 radical (unpaired) electrons. The van der Waals surface area contributed by atoms with Crippen LogP contribution in [0.2, 0.25) is 0 Å². The highest BCUT2D eigenvalue weighted by atomic mass is 14.7. The summed E-state index contributed by atoms with van der Waals surface area (Å²) < 4.78 is 0. The van der Waals surface area contributed by atoms with E-state index >= 15 is 0 Å². The summed E-state index contributed by atoms with van der Waals surface area (Å²) in [7, 11) is 0. The van der Waals surface area contributed by atoms with Crippen LogP contribution in [0.5, 0.6) is 0 Å². The molecule has 1 fully saturated rings. The fourth-order valence-electron chi connectivity index (χ4n) is 2.14. The van der Waals surface area contributed by atoms with Crippen molar-refractivity contribution in [2.24, 2.45) is 23.0 Å². The van der Waals surface area contributed by atoms with Crippen LogP contribution in [-0.4, -0.2) is 6.04 Å². The van der Waals surface area contributed by atoms with Crippen molar-refractivity contribution < 1.29 is 0 Å². The van der Waals surface area contributed by atoms with Gasteiger partial charge in [0.05, 0.1) is 0 Å². The predicted molar refractivity (Wildman–Crippen MR) is 53.9 cm³/mol. The lowest BCUT2D eigenvalue weighted by molar-refractivity contribution is 0.138. The van der Waals surface area contributed by atoms with Gasteiger partial charge in [0.25, 0.3) is 0 Å². The molecule has 0 aromatic rings. The molecule has 1 saturated carbocycles. The highest BCUT2D eigenvalue weighted by molar-refractivity contribution is 4.85. The number of hydrogen-bond acceptors (Lipinski definition) is 1. The van der Waals surface area contributed by atoms with Crippen molar-refractivity contribution in [2.45, 2.75) is 53.0 Å². The first-order chi connectivity index (χ1) is 5.41. The molecule has 72 valence electrons. The first kappa shape index (κ1) is 10.0. The molecule has 3 atom stereocenters. The zero-order chi connectivity index (χ0) is 9.35. The Morgan fingerprint density at radius 1 is 1.17 bits per heavy atom. The Morgan fingerprint density at radius 2 is 1.75 bits per heavy atom. The van der Waals surface area contributed by atoms with Crippen LogP contribution >= 0.6 is 0 Å². The minimum Gasteiger partial charge on any atom is -0.327 e. The van der Waals surface area contributed by atoms with E-state index in [1.165, 1.54) is 19.3 Å². The first-order valence-electron chi connectivity index (χ1n) is 5.17. The largest absolute Gasteiger partial charge is 0.327 e. The Kier molecular flexibility index (Phi) is 2.82. The average molecular weight is 169 g/mol. The molecule has 12 heavy (non-hydrogen) atoms. The minimum absolute atomic E-state index is 0.447. The summed E-state index contributed by atoms with van der Waals surface area (Å²) in [6.07, 6.45) is 3.92. The molecule has 0 spiro atoms. The van der Waals surface area contributed by atoms with Gasteiger partial charge in [-0.05, 0) is 36.5 Å². The van der Waals surface area contributed by atoms with E-state index in [1.54, 1.807) is 0 Å². The van der Waals surface area contributed by atoms with E-state index in [4.69, 9.17) is 5.73 Å². The molecule has 0 saturated heterocycles. The molecule has 2 N–H and O–H groups in total. The van der Waals surface area contributed by atoms with Crippen LogP contribution in [-0.2, 0) is 0 Å². The van der Waals surface area contributed by atoms with E-state index in [0.717, 1.165) is 11.8 Å². The van der Waals surface area contributed by atoms with Crippen LogP contribution in [0.1, 0.15) is 47.0 Å². The quantitative estimate of drug-likeness (QED) is 0.593. The van der Waals surface area contributed by atoms with Gasteiger partial charge >= 0.3 is 0 Å². The van der Waals surface area contributed by atoms with E-state index in [2.05, 4.69) is 27.7 Å². The van der Waals surface area contributed by atoms with Crippen molar-refractivity contribution in [1.82, 2.24) is 0 Å². The number of nitrogens with two attached hydrogens (primary N) is 1. The van der Waals surface area contributed by atoms with E-state index < -0.39 is 0 Å². The van der Waals surface area contributed by atoms with Gasteiger partial charge in [-0.15, -0.1) is 0 Å². The lowest BCUT2D eigenvalue weighted by Crippen LogP contribution is -2.39. The van der Waals surface area contributed by atoms with Crippen LogP contribution < -0.4 is 5.73 Å². The third-order valence-corrected chi connectivity index (χ3v) is 3.48. The van der Waals surface area contributed by atoms with Gasteiger partial charge in [0.15, 0.2) is 0 Å². The normalized spacial score (nSPS) is 38.2. The van der Waals surface area contributed by atoms with Gasteiger partial charge in [-0.1, -0.05) is 27.7 Å². The molecular formula is C11H23N. The highest BCUT2D eigenvalue weighted by Gasteiger charge is 2.32. The third kappa shape index (κ3) is 2.22. The molecule has 1 heteroatoms. The maximum atomic E-state index is 6.07. The highest BCUT2D eigenvalue weighted by Crippen LogP contribution is 2.38. The molecule has 0 amide bonds. The summed E-state index contributed by atoms with van der Waals surface area (Å²) in [6, 6.07) is 0.447. The van der Waals surface area contributed by atoms with E-state index in [1.807, 2.05) is 0 Å². The van der Waals surface area contributed by atoms with Crippen molar-refractivity contribution in [3.8, 4) is 0 Å². The van der Waals surface area contributed by atoms with Gasteiger partial charge in [-0.3, -0.25) is 0 Å². The summed E-state index contributed by atoms with van der Waals surface area (Å²) >= 11 is 0. The zero-order valence-corrected chi connectivity index (χ0v) is 8.93.